The minimum absolute atomic E-state index is 0.0343. The van der Waals surface area contributed by atoms with Gasteiger partial charge in [-0.25, -0.2) is 9.50 Å². The van der Waals surface area contributed by atoms with Crippen molar-refractivity contribution in [3.63, 3.8) is 0 Å². The average molecular weight is 486 g/mol. The number of fused-ring (bicyclic) bond motifs is 1. The minimum atomic E-state index is -4.77. The Morgan fingerprint density at radius 1 is 0.968 bits per heavy atom. The first-order valence-corrected chi connectivity index (χ1v) is 9.77. The van der Waals surface area contributed by atoms with E-state index in [2.05, 4.69) is 15.4 Å². The largest absolute Gasteiger partial charge is 0.433 e. The van der Waals surface area contributed by atoms with Crippen LogP contribution in [0, 0.1) is 0 Å². The van der Waals surface area contributed by atoms with Crippen molar-refractivity contribution in [2.75, 3.05) is 5.32 Å². The Bertz CT molecular complexity index is 1310. The molecule has 2 aromatic carbocycles. The van der Waals surface area contributed by atoms with Crippen LogP contribution in [0.2, 0.25) is 15.1 Å². The number of carbonyl (C=O) groups excluding carboxylic acids is 1. The molecule has 0 saturated carbocycles. The Morgan fingerprint density at radius 2 is 1.68 bits per heavy atom. The van der Waals surface area contributed by atoms with Gasteiger partial charge in [-0.15, -0.1) is 0 Å². The topological polar surface area (TPSA) is 59.3 Å². The molecule has 0 spiro atoms. The van der Waals surface area contributed by atoms with Crippen LogP contribution in [0.1, 0.15) is 16.2 Å². The van der Waals surface area contributed by atoms with E-state index in [1.807, 2.05) is 0 Å². The number of nitrogens with zero attached hydrogens (tertiary/aromatic N) is 3. The molecular formula is C20H10Cl3F3N4O. The lowest BCUT2D eigenvalue weighted by atomic mass is 10.1. The summed E-state index contributed by atoms with van der Waals surface area (Å²) >= 11 is 18.2. The smallest absolute Gasteiger partial charge is 0.319 e. The number of amides is 1. The van der Waals surface area contributed by atoms with Gasteiger partial charge in [-0.2, -0.15) is 18.3 Å². The molecule has 0 aliphatic rings. The molecule has 0 unspecified atom stereocenters. The van der Waals surface area contributed by atoms with E-state index in [1.165, 1.54) is 12.1 Å². The Labute approximate surface area is 188 Å². The molecule has 0 aliphatic heterocycles. The molecule has 0 bridgehead atoms. The summed E-state index contributed by atoms with van der Waals surface area (Å²) in [5.74, 6) is -0.867. The first-order valence-electron chi connectivity index (χ1n) is 8.64. The van der Waals surface area contributed by atoms with Crippen LogP contribution in [0.4, 0.5) is 18.9 Å². The SMILES string of the molecule is O=C(Nc1cccc(Cl)c1Cl)c1nn2c(C(F)(F)F)cc(-c3ccccc3)nc2c1Cl. The fourth-order valence-electron chi connectivity index (χ4n) is 2.88. The van der Waals surface area contributed by atoms with Crippen molar-refractivity contribution in [1.82, 2.24) is 14.6 Å². The van der Waals surface area contributed by atoms with Crippen LogP contribution in [0.5, 0.6) is 0 Å². The van der Waals surface area contributed by atoms with Crippen LogP contribution in [-0.2, 0) is 6.18 Å². The first-order chi connectivity index (χ1) is 14.7. The molecule has 31 heavy (non-hydrogen) atoms. The molecule has 2 heterocycles. The molecule has 158 valence electrons. The van der Waals surface area contributed by atoms with E-state index in [-0.39, 0.29) is 32.1 Å². The van der Waals surface area contributed by atoms with Crippen molar-refractivity contribution in [2.45, 2.75) is 6.18 Å². The van der Waals surface area contributed by atoms with Gasteiger partial charge in [0.2, 0.25) is 0 Å². The summed E-state index contributed by atoms with van der Waals surface area (Å²) in [5, 5.41) is 6.15. The summed E-state index contributed by atoms with van der Waals surface area (Å²) in [5.41, 5.74) is -1.24. The van der Waals surface area contributed by atoms with E-state index in [4.69, 9.17) is 34.8 Å². The monoisotopic (exact) mass is 484 g/mol. The van der Waals surface area contributed by atoms with Crippen LogP contribution < -0.4 is 5.32 Å². The molecule has 1 N–H and O–H groups in total. The second kappa shape index (κ2) is 8.03. The van der Waals surface area contributed by atoms with Gasteiger partial charge in [0.1, 0.15) is 5.02 Å². The van der Waals surface area contributed by atoms with Gasteiger partial charge in [-0.05, 0) is 18.2 Å². The number of halogens is 6. The third kappa shape index (κ3) is 4.06. The highest BCUT2D eigenvalue weighted by molar-refractivity contribution is 6.44. The van der Waals surface area contributed by atoms with Gasteiger partial charge in [0.05, 0.1) is 21.4 Å². The van der Waals surface area contributed by atoms with Crippen molar-refractivity contribution < 1.29 is 18.0 Å². The fourth-order valence-corrected chi connectivity index (χ4v) is 3.47. The highest BCUT2D eigenvalue weighted by atomic mass is 35.5. The fraction of sp³-hybridized carbons (Fsp3) is 0.0500. The summed E-state index contributed by atoms with van der Waals surface area (Å²) in [6, 6.07) is 13.7. The van der Waals surface area contributed by atoms with E-state index >= 15 is 0 Å². The molecule has 0 atom stereocenters. The molecule has 11 heteroatoms. The summed E-state index contributed by atoms with van der Waals surface area (Å²) in [6.45, 7) is 0. The predicted octanol–water partition coefficient (Wildman–Crippen LogP) is 6.63. The summed E-state index contributed by atoms with van der Waals surface area (Å²) in [6.07, 6.45) is -4.77. The van der Waals surface area contributed by atoms with Gasteiger partial charge in [-0.3, -0.25) is 4.79 Å². The highest BCUT2D eigenvalue weighted by Crippen LogP contribution is 2.35. The third-order valence-corrected chi connectivity index (χ3v) is 5.47. The van der Waals surface area contributed by atoms with Gasteiger partial charge in [0.15, 0.2) is 17.0 Å². The van der Waals surface area contributed by atoms with Gasteiger partial charge in [-0.1, -0.05) is 71.2 Å². The molecule has 5 nitrogen and oxygen atoms in total. The summed E-state index contributed by atoms with van der Waals surface area (Å²) in [7, 11) is 0. The Hall–Kier alpha value is -2.81. The van der Waals surface area contributed by atoms with Gasteiger partial charge in [0, 0.05) is 5.56 Å². The average Bonchev–Trinajstić information content (AvgIpc) is 3.07. The molecule has 1 amide bonds. The van der Waals surface area contributed by atoms with Gasteiger partial charge >= 0.3 is 6.18 Å². The van der Waals surface area contributed by atoms with Crippen molar-refractivity contribution >= 4 is 52.0 Å². The van der Waals surface area contributed by atoms with E-state index < -0.39 is 23.5 Å². The minimum Gasteiger partial charge on any atom is -0.319 e. The van der Waals surface area contributed by atoms with Crippen molar-refractivity contribution in [3.05, 3.63) is 81.1 Å². The maximum Gasteiger partial charge on any atom is 0.433 e. The van der Waals surface area contributed by atoms with Crippen molar-refractivity contribution in [1.29, 1.82) is 0 Å². The number of carbonyl (C=O) groups is 1. The Kier molecular flexibility index (Phi) is 5.55. The maximum absolute atomic E-state index is 13.7. The lowest BCUT2D eigenvalue weighted by Gasteiger charge is -2.11. The van der Waals surface area contributed by atoms with E-state index in [1.54, 1.807) is 36.4 Å². The van der Waals surface area contributed by atoms with E-state index in [0.717, 1.165) is 6.07 Å². The zero-order chi connectivity index (χ0) is 22.3. The van der Waals surface area contributed by atoms with Gasteiger partial charge < -0.3 is 5.32 Å². The number of nitrogens with one attached hydrogen (secondary N) is 1. The number of hydrogen-bond acceptors (Lipinski definition) is 3. The molecule has 0 fully saturated rings. The standard InChI is InChI=1S/C20H10Cl3F3N4O/c21-11-7-4-8-12(15(11)22)28-19(31)17-16(23)18-27-13(10-5-2-1-3-6-10)9-14(20(24,25)26)30(18)29-17/h1-9H,(H,28,31). The second-order valence-corrected chi connectivity index (χ2v) is 7.51. The quantitative estimate of drug-likeness (QED) is 0.354. The number of hydrogen-bond donors (Lipinski definition) is 1. The maximum atomic E-state index is 13.7. The van der Waals surface area contributed by atoms with Crippen LogP contribution in [0.15, 0.2) is 54.6 Å². The normalized spacial score (nSPS) is 11.7. The Balaban J connectivity index is 1.85. The van der Waals surface area contributed by atoms with Crippen LogP contribution in [-0.4, -0.2) is 20.5 Å². The predicted molar refractivity (Wildman–Crippen MR) is 113 cm³/mol. The highest BCUT2D eigenvalue weighted by Gasteiger charge is 2.36. The molecule has 0 radical (unpaired) electrons. The number of rotatable bonds is 3. The molecule has 2 aromatic heterocycles. The van der Waals surface area contributed by atoms with Gasteiger partial charge in [0.25, 0.3) is 5.91 Å². The number of anilines is 1. The van der Waals surface area contributed by atoms with Crippen LogP contribution >= 0.6 is 34.8 Å². The molecule has 4 rings (SSSR count). The number of benzene rings is 2. The summed E-state index contributed by atoms with van der Waals surface area (Å²) < 4.78 is 41.7. The van der Waals surface area contributed by atoms with Crippen molar-refractivity contribution in [3.8, 4) is 11.3 Å². The lowest BCUT2D eigenvalue weighted by molar-refractivity contribution is -0.142. The zero-order valence-electron chi connectivity index (χ0n) is 15.2. The second-order valence-electron chi connectivity index (χ2n) is 6.34. The zero-order valence-corrected chi connectivity index (χ0v) is 17.5. The van der Waals surface area contributed by atoms with E-state index in [0.29, 0.717) is 10.1 Å². The third-order valence-electron chi connectivity index (χ3n) is 4.31. The number of alkyl halides is 3. The van der Waals surface area contributed by atoms with Crippen LogP contribution in [0.25, 0.3) is 16.9 Å². The van der Waals surface area contributed by atoms with E-state index in [9.17, 15) is 18.0 Å². The molecule has 0 aliphatic carbocycles. The number of aromatic nitrogens is 3. The summed E-state index contributed by atoms with van der Waals surface area (Å²) in [4.78, 5) is 16.9. The van der Waals surface area contributed by atoms with Crippen LogP contribution in [0.3, 0.4) is 0 Å². The van der Waals surface area contributed by atoms with Crippen molar-refractivity contribution in [2.24, 2.45) is 0 Å². The Morgan fingerprint density at radius 3 is 2.35 bits per heavy atom. The first kappa shape index (κ1) is 21.4. The molecular weight excluding hydrogens is 476 g/mol. The molecule has 0 saturated heterocycles. The molecule has 4 aromatic rings. The lowest BCUT2D eigenvalue weighted by Crippen LogP contribution is -2.16.